The second-order valence-electron chi connectivity index (χ2n) is 2.19. The molecule has 1 saturated heterocycles. The van der Waals surface area contributed by atoms with Crippen molar-refractivity contribution < 1.29 is 14.8 Å². The van der Waals surface area contributed by atoms with E-state index in [9.17, 15) is 9.59 Å². The molecule has 2 amide bonds. The molecule has 1 rings (SSSR count). The van der Waals surface area contributed by atoms with Gasteiger partial charge in [0.1, 0.15) is 0 Å². The maximum Gasteiger partial charge on any atom is 0.270 e. The molecule has 10 heavy (non-hydrogen) atoms. The van der Waals surface area contributed by atoms with Crippen LogP contribution in [0.25, 0.3) is 0 Å². The minimum atomic E-state index is -0.720. The number of nitrogens with two attached hydrogens (primary N) is 1. The van der Waals surface area contributed by atoms with Crippen molar-refractivity contribution in [1.82, 2.24) is 5.06 Å². The van der Waals surface area contributed by atoms with Crippen molar-refractivity contribution in [2.75, 3.05) is 0 Å². The van der Waals surface area contributed by atoms with E-state index in [1.807, 2.05) is 0 Å². The van der Waals surface area contributed by atoms with E-state index in [2.05, 4.69) is 0 Å². The van der Waals surface area contributed by atoms with Crippen molar-refractivity contribution in [2.24, 2.45) is 5.73 Å². The van der Waals surface area contributed by atoms with Gasteiger partial charge in [0.15, 0.2) is 0 Å². The number of hydrogen-bond donors (Lipinski definition) is 2. The van der Waals surface area contributed by atoms with Crippen molar-refractivity contribution >= 4 is 11.8 Å². The molecule has 0 aromatic rings. The topological polar surface area (TPSA) is 83.6 Å². The Morgan fingerprint density at radius 3 is 2.70 bits per heavy atom. The van der Waals surface area contributed by atoms with Crippen molar-refractivity contribution in [3.63, 3.8) is 0 Å². The number of carbonyl (C=O) groups is 2. The Balaban J connectivity index is 2.70. The zero-order valence-electron chi connectivity index (χ0n) is 5.28. The zero-order chi connectivity index (χ0) is 7.72. The number of piperidine rings is 1. The van der Waals surface area contributed by atoms with E-state index in [1.54, 1.807) is 0 Å². The van der Waals surface area contributed by atoms with Gasteiger partial charge in [-0.05, 0) is 6.42 Å². The zero-order valence-corrected chi connectivity index (χ0v) is 5.28. The van der Waals surface area contributed by atoms with E-state index < -0.39 is 17.9 Å². The highest BCUT2D eigenvalue weighted by Gasteiger charge is 2.30. The summed E-state index contributed by atoms with van der Waals surface area (Å²) >= 11 is 0. The van der Waals surface area contributed by atoms with Gasteiger partial charge in [-0.2, -0.15) is 5.06 Å². The fourth-order valence-electron chi connectivity index (χ4n) is 0.788. The smallest absolute Gasteiger partial charge is 0.270 e. The lowest BCUT2D eigenvalue weighted by Gasteiger charge is -2.22. The van der Waals surface area contributed by atoms with Gasteiger partial charge in [-0.1, -0.05) is 0 Å². The summed E-state index contributed by atoms with van der Waals surface area (Å²) < 4.78 is 0. The van der Waals surface area contributed by atoms with Crippen LogP contribution in [0.4, 0.5) is 0 Å². The molecular formula is C5H8N2O3. The van der Waals surface area contributed by atoms with Gasteiger partial charge in [-0.3, -0.25) is 14.8 Å². The first-order valence-electron chi connectivity index (χ1n) is 2.94. The van der Waals surface area contributed by atoms with E-state index in [0.717, 1.165) is 0 Å². The first-order chi connectivity index (χ1) is 4.63. The van der Waals surface area contributed by atoms with E-state index in [1.165, 1.54) is 0 Å². The molecule has 5 heteroatoms. The van der Waals surface area contributed by atoms with Crippen molar-refractivity contribution in [3.8, 4) is 0 Å². The normalized spacial score (nSPS) is 27.4. The Hall–Kier alpha value is -0.940. The molecule has 0 aromatic carbocycles. The van der Waals surface area contributed by atoms with E-state index in [0.29, 0.717) is 6.42 Å². The highest BCUT2D eigenvalue weighted by atomic mass is 16.5. The monoisotopic (exact) mass is 144 g/mol. The summed E-state index contributed by atoms with van der Waals surface area (Å²) in [6.45, 7) is 0. The molecule has 0 spiro atoms. The first-order valence-corrected chi connectivity index (χ1v) is 2.94. The Morgan fingerprint density at radius 1 is 1.60 bits per heavy atom. The predicted molar refractivity (Wildman–Crippen MR) is 30.8 cm³/mol. The maximum absolute atomic E-state index is 10.7. The lowest BCUT2D eigenvalue weighted by Crippen LogP contribution is -2.49. The van der Waals surface area contributed by atoms with Crippen LogP contribution in [0.5, 0.6) is 0 Å². The third-order valence-corrected chi connectivity index (χ3v) is 1.43. The van der Waals surface area contributed by atoms with Gasteiger partial charge in [0.05, 0.1) is 6.04 Å². The highest BCUT2D eigenvalue weighted by molar-refractivity contribution is 5.98. The van der Waals surface area contributed by atoms with Gasteiger partial charge < -0.3 is 5.73 Å². The lowest BCUT2D eigenvalue weighted by atomic mass is 10.1. The molecule has 0 unspecified atom stereocenters. The van der Waals surface area contributed by atoms with Crippen LogP contribution < -0.4 is 5.73 Å². The molecule has 0 bridgehead atoms. The summed E-state index contributed by atoms with van der Waals surface area (Å²) in [6, 6.07) is -0.720. The van der Waals surface area contributed by atoms with Gasteiger partial charge in [-0.15, -0.1) is 0 Å². The van der Waals surface area contributed by atoms with Crippen LogP contribution in [-0.4, -0.2) is 28.1 Å². The van der Waals surface area contributed by atoms with Crippen LogP contribution in [0.2, 0.25) is 0 Å². The number of imide groups is 1. The van der Waals surface area contributed by atoms with Crippen LogP contribution >= 0.6 is 0 Å². The molecule has 1 aliphatic heterocycles. The standard InChI is InChI=1S/C5H8N2O3/c6-3-1-2-4(8)7(10)5(3)9/h3,10H,1-2,6H2/t3-/m0/s1. The summed E-state index contributed by atoms with van der Waals surface area (Å²) in [5.41, 5.74) is 5.23. The summed E-state index contributed by atoms with van der Waals surface area (Å²) in [5.74, 6) is -1.29. The molecule has 0 saturated carbocycles. The number of amides is 2. The second kappa shape index (κ2) is 2.36. The largest absolute Gasteiger partial charge is 0.320 e. The first kappa shape index (κ1) is 7.17. The maximum atomic E-state index is 10.7. The van der Waals surface area contributed by atoms with Gasteiger partial charge in [-0.25, -0.2) is 0 Å². The Morgan fingerprint density at radius 2 is 2.20 bits per heavy atom. The Kier molecular flexibility index (Phi) is 1.69. The summed E-state index contributed by atoms with van der Waals surface area (Å²) in [4.78, 5) is 21.2. The minimum absolute atomic E-state index is 0.0914. The summed E-state index contributed by atoms with van der Waals surface area (Å²) in [5, 5.41) is 8.76. The Bertz CT molecular complexity index is 180. The average Bonchev–Trinajstić information content (AvgIpc) is 1.93. The van der Waals surface area contributed by atoms with Crippen LogP contribution in [0.15, 0.2) is 0 Å². The van der Waals surface area contributed by atoms with Gasteiger partial charge in [0.2, 0.25) is 0 Å². The van der Waals surface area contributed by atoms with Crippen LogP contribution in [-0.2, 0) is 9.59 Å². The van der Waals surface area contributed by atoms with E-state index in [-0.39, 0.29) is 11.5 Å². The molecule has 56 valence electrons. The van der Waals surface area contributed by atoms with Gasteiger partial charge >= 0.3 is 0 Å². The fourth-order valence-corrected chi connectivity index (χ4v) is 0.788. The second-order valence-corrected chi connectivity index (χ2v) is 2.19. The molecule has 0 aromatic heterocycles. The number of hydroxylamine groups is 2. The molecule has 1 atom stereocenters. The fraction of sp³-hybridized carbons (Fsp3) is 0.600. The summed E-state index contributed by atoms with van der Waals surface area (Å²) in [7, 11) is 0. The quantitative estimate of drug-likeness (QED) is 0.332. The third kappa shape index (κ3) is 1.01. The third-order valence-electron chi connectivity index (χ3n) is 1.43. The van der Waals surface area contributed by atoms with E-state index >= 15 is 0 Å². The molecule has 0 aliphatic carbocycles. The van der Waals surface area contributed by atoms with Crippen molar-refractivity contribution in [2.45, 2.75) is 18.9 Å². The van der Waals surface area contributed by atoms with Gasteiger partial charge in [0.25, 0.3) is 11.8 Å². The number of nitrogens with zero attached hydrogens (tertiary/aromatic N) is 1. The predicted octanol–water partition coefficient (Wildman–Crippen LogP) is -1.15. The van der Waals surface area contributed by atoms with Crippen molar-refractivity contribution in [3.05, 3.63) is 0 Å². The molecule has 3 N–H and O–H groups in total. The number of hydrogen-bond acceptors (Lipinski definition) is 4. The molecule has 0 radical (unpaired) electrons. The molecule has 1 heterocycles. The average molecular weight is 144 g/mol. The van der Waals surface area contributed by atoms with E-state index in [4.69, 9.17) is 10.9 Å². The number of carbonyl (C=O) groups excluding carboxylic acids is 2. The number of rotatable bonds is 0. The van der Waals surface area contributed by atoms with Crippen LogP contribution in [0, 0.1) is 0 Å². The SMILES string of the molecule is N[C@H]1CCC(=O)N(O)C1=O. The molecule has 1 aliphatic rings. The molecule has 5 nitrogen and oxygen atoms in total. The van der Waals surface area contributed by atoms with Gasteiger partial charge in [0, 0.05) is 6.42 Å². The van der Waals surface area contributed by atoms with Crippen LogP contribution in [0.1, 0.15) is 12.8 Å². The lowest BCUT2D eigenvalue weighted by molar-refractivity contribution is -0.184. The van der Waals surface area contributed by atoms with Crippen molar-refractivity contribution in [1.29, 1.82) is 0 Å². The molecular weight excluding hydrogens is 136 g/mol. The minimum Gasteiger partial charge on any atom is -0.320 e. The molecule has 1 fully saturated rings. The summed E-state index contributed by atoms with van der Waals surface area (Å²) in [6.07, 6.45) is 0.470. The van der Waals surface area contributed by atoms with Crippen LogP contribution in [0.3, 0.4) is 0 Å². The highest BCUT2D eigenvalue weighted by Crippen LogP contribution is 2.08. The Labute approximate surface area is 57.4 Å².